The van der Waals surface area contributed by atoms with Crippen LogP contribution < -0.4 is 10.6 Å². The molecule has 2 aromatic rings. The van der Waals surface area contributed by atoms with Crippen LogP contribution in [0.25, 0.3) is 11.2 Å². The maximum Gasteiger partial charge on any atom is 0.224 e. The van der Waals surface area contributed by atoms with Crippen molar-refractivity contribution in [3.8, 4) is 0 Å². The molecular weight excluding hydrogens is 319 g/mol. The van der Waals surface area contributed by atoms with Crippen molar-refractivity contribution in [1.82, 2.24) is 19.5 Å². The minimum absolute atomic E-state index is 0.165. The number of imidazole rings is 1. The number of nitrogens with one attached hydrogen (secondary N) is 2. The molecule has 0 aliphatic heterocycles. The van der Waals surface area contributed by atoms with Gasteiger partial charge >= 0.3 is 0 Å². The lowest BCUT2D eigenvalue weighted by Gasteiger charge is -2.27. The fraction of sp³-hybridized carbons (Fsp3) is 0.722. The molecule has 2 aromatic heterocycles. The second-order valence-corrected chi connectivity index (χ2v) is 7.32. The predicted molar refractivity (Wildman–Crippen MR) is 99.7 cm³/mol. The van der Waals surface area contributed by atoms with Crippen molar-refractivity contribution >= 4 is 23.1 Å². The van der Waals surface area contributed by atoms with Crippen LogP contribution in [-0.2, 0) is 6.54 Å². The molecule has 0 amide bonds. The van der Waals surface area contributed by atoms with Crippen LogP contribution in [0.15, 0.2) is 6.20 Å². The molecule has 25 heavy (non-hydrogen) atoms. The van der Waals surface area contributed by atoms with Crippen LogP contribution in [0.2, 0.25) is 0 Å². The van der Waals surface area contributed by atoms with Crippen molar-refractivity contribution in [2.24, 2.45) is 5.92 Å². The standard InChI is InChI=1S/C18H29FN6/c1-4-9-20-17-21-10-15-16(24-17)25(11-12(2)3)18(23-15)22-14-8-6-5-7-13(14)19/h10,12-14H,4-9,11H2,1-3H3,(H,22,23)(H,20,21,24). The number of rotatable bonds is 7. The van der Waals surface area contributed by atoms with E-state index >= 15 is 0 Å². The number of fused-ring (bicyclic) bond motifs is 1. The lowest BCUT2D eigenvalue weighted by atomic mass is 9.94. The molecular formula is C18H29FN6. The van der Waals surface area contributed by atoms with E-state index in [1.54, 1.807) is 6.20 Å². The van der Waals surface area contributed by atoms with Crippen molar-refractivity contribution in [3.05, 3.63) is 6.20 Å². The summed E-state index contributed by atoms with van der Waals surface area (Å²) >= 11 is 0. The number of hydrogen-bond acceptors (Lipinski definition) is 5. The fourth-order valence-electron chi connectivity index (χ4n) is 3.30. The van der Waals surface area contributed by atoms with Gasteiger partial charge < -0.3 is 10.6 Å². The molecule has 1 fully saturated rings. The first-order chi connectivity index (χ1) is 12.1. The third kappa shape index (κ3) is 4.19. The number of nitrogens with zero attached hydrogens (tertiary/aromatic N) is 4. The van der Waals surface area contributed by atoms with Gasteiger partial charge in [0, 0.05) is 13.1 Å². The molecule has 0 bridgehead atoms. The van der Waals surface area contributed by atoms with Gasteiger partial charge in [-0.2, -0.15) is 4.98 Å². The Morgan fingerprint density at radius 2 is 2.08 bits per heavy atom. The lowest BCUT2D eigenvalue weighted by Crippen LogP contribution is -2.34. The van der Waals surface area contributed by atoms with Gasteiger partial charge in [-0.25, -0.2) is 14.4 Å². The Labute approximate surface area is 148 Å². The number of halogens is 1. The van der Waals surface area contributed by atoms with E-state index in [-0.39, 0.29) is 6.04 Å². The first-order valence-corrected chi connectivity index (χ1v) is 9.46. The molecule has 2 N–H and O–H groups in total. The van der Waals surface area contributed by atoms with Crippen molar-refractivity contribution < 1.29 is 4.39 Å². The molecule has 0 spiro atoms. The molecule has 7 heteroatoms. The average Bonchev–Trinajstić information content (AvgIpc) is 2.91. The summed E-state index contributed by atoms with van der Waals surface area (Å²) in [6.45, 7) is 8.04. The Morgan fingerprint density at radius 1 is 1.28 bits per heavy atom. The van der Waals surface area contributed by atoms with E-state index in [1.165, 1.54) is 0 Å². The highest BCUT2D eigenvalue weighted by molar-refractivity contribution is 5.75. The Hall–Kier alpha value is -1.92. The van der Waals surface area contributed by atoms with E-state index in [0.29, 0.717) is 24.2 Å². The van der Waals surface area contributed by atoms with Crippen LogP contribution in [0, 0.1) is 5.92 Å². The molecule has 2 heterocycles. The molecule has 0 aromatic carbocycles. The fourth-order valence-corrected chi connectivity index (χ4v) is 3.30. The van der Waals surface area contributed by atoms with Gasteiger partial charge in [-0.3, -0.25) is 4.57 Å². The highest BCUT2D eigenvalue weighted by atomic mass is 19.1. The van der Waals surface area contributed by atoms with Crippen LogP contribution in [-0.4, -0.2) is 38.3 Å². The molecule has 3 rings (SSSR count). The summed E-state index contributed by atoms with van der Waals surface area (Å²) in [7, 11) is 0. The third-order valence-corrected chi connectivity index (χ3v) is 4.56. The van der Waals surface area contributed by atoms with E-state index in [9.17, 15) is 4.39 Å². The zero-order chi connectivity index (χ0) is 17.8. The Kier molecular flexibility index (Phi) is 5.71. The normalized spacial score (nSPS) is 21.0. The van der Waals surface area contributed by atoms with Gasteiger partial charge in [0.25, 0.3) is 0 Å². The summed E-state index contributed by atoms with van der Waals surface area (Å²) < 4.78 is 16.3. The van der Waals surface area contributed by atoms with E-state index in [0.717, 1.165) is 49.9 Å². The predicted octanol–water partition coefficient (Wildman–Crippen LogP) is 4.00. The monoisotopic (exact) mass is 348 g/mol. The average molecular weight is 348 g/mol. The van der Waals surface area contributed by atoms with Gasteiger partial charge in [-0.1, -0.05) is 33.6 Å². The van der Waals surface area contributed by atoms with Crippen LogP contribution in [0.3, 0.4) is 0 Å². The smallest absolute Gasteiger partial charge is 0.224 e. The number of aromatic nitrogens is 4. The summed E-state index contributed by atoms with van der Waals surface area (Å²) in [5.74, 6) is 1.76. The Morgan fingerprint density at radius 3 is 2.80 bits per heavy atom. The number of hydrogen-bond donors (Lipinski definition) is 2. The minimum atomic E-state index is -0.811. The van der Waals surface area contributed by atoms with Gasteiger partial charge in [0.1, 0.15) is 11.7 Å². The van der Waals surface area contributed by atoms with Gasteiger partial charge in [-0.05, 0) is 25.2 Å². The maximum absolute atomic E-state index is 14.2. The van der Waals surface area contributed by atoms with E-state index in [4.69, 9.17) is 0 Å². The van der Waals surface area contributed by atoms with Gasteiger partial charge in [-0.15, -0.1) is 0 Å². The van der Waals surface area contributed by atoms with Crippen molar-refractivity contribution in [2.75, 3.05) is 17.2 Å². The summed E-state index contributed by atoms with van der Waals surface area (Å²) in [4.78, 5) is 13.6. The molecule has 0 saturated heterocycles. The first-order valence-electron chi connectivity index (χ1n) is 9.46. The van der Waals surface area contributed by atoms with Crippen molar-refractivity contribution in [2.45, 2.75) is 71.6 Å². The van der Waals surface area contributed by atoms with Crippen LogP contribution >= 0.6 is 0 Å². The quantitative estimate of drug-likeness (QED) is 0.792. The van der Waals surface area contributed by atoms with E-state index in [2.05, 4.69) is 50.9 Å². The molecule has 2 unspecified atom stereocenters. The topological polar surface area (TPSA) is 67.7 Å². The Balaban J connectivity index is 1.92. The summed E-state index contributed by atoms with van der Waals surface area (Å²) in [5.41, 5.74) is 1.55. The number of alkyl halides is 1. The molecule has 0 radical (unpaired) electrons. The first kappa shape index (κ1) is 17.9. The van der Waals surface area contributed by atoms with Crippen molar-refractivity contribution in [3.63, 3.8) is 0 Å². The highest BCUT2D eigenvalue weighted by Gasteiger charge is 2.26. The van der Waals surface area contributed by atoms with Crippen LogP contribution in [0.1, 0.15) is 52.9 Å². The maximum atomic E-state index is 14.2. The van der Waals surface area contributed by atoms with Crippen molar-refractivity contribution in [1.29, 1.82) is 0 Å². The summed E-state index contributed by atoms with van der Waals surface area (Å²) in [6, 6.07) is -0.165. The zero-order valence-electron chi connectivity index (χ0n) is 15.4. The van der Waals surface area contributed by atoms with E-state index in [1.807, 2.05) is 0 Å². The lowest BCUT2D eigenvalue weighted by molar-refractivity contribution is 0.229. The number of anilines is 2. The second-order valence-electron chi connectivity index (χ2n) is 7.32. The minimum Gasteiger partial charge on any atom is -0.354 e. The Bertz CT molecular complexity index is 698. The van der Waals surface area contributed by atoms with Crippen LogP contribution in [0.5, 0.6) is 0 Å². The SMILES string of the molecule is CCCNc1ncc2nc(NC3CCCCC3F)n(CC(C)C)c2n1. The van der Waals surface area contributed by atoms with Gasteiger partial charge in [0.2, 0.25) is 11.9 Å². The molecule has 1 aliphatic rings. The molecule has 1 saturated carbocycles. The summed E-state index contributed by atoms with van der Waals surface area (Å²) in [6.07, 6.45) is 5.46. The third-order valence-electron chi connectivity index (χ3n) is 4.56. The van der Waals surface area contributed by atoms with Gasteiger partial charge in [0.15, 0.2) is 5.65 Å². The zero-order valence-corrected chi connectivity index (χ0v) is 15.4. The molecule has 1 aliphatic carbocycles. The van der Waals surface area contributed by atoms with E-state index < -0.39 is 6.17 Å². The molecule has 2 atom stereocenters. The molecule has 138 valence electrons. The highest BCUT2D eigenvalue weighted by Crippen LogP contribution is 2.26. The van der Waals surface area contributed by atoms with Gasteiger partial charge in [0.05, 0.1) is 12.2 Å². The molecule has 6 nitrogen and oxygen atoms in total. The summed E-state index contributed by atoms with van der Waals surface area (Å²) in [5, 5.41) is 6.57. The largest absolute Gasteiger partial charge is 0.354 e. The van der Waals surface area contributed by atoms with Crippen LogP contribution in [0.4, 0.5) is 16.3 Å². The second kappa shape index (κ2) is 7.97.